The highest BCUT2D eigenvalue weighted by Gasteiger charge is 2.40. The van der Waals surface area contributed by atoms with Crippen LogP contribution < -0.4 is 0 Å². The van der Waals surface area contributed by atoms with Crippen LogP contribution in [0.1, 0.15) is 17.2 Å². The number of benzene rings is 2. The number of esters is 1. The number of hydrogen-bond donors (Lipinski definition) is 0. The summed E-state index contributed by atoms with van der Waals surface area (Å²) in [6, 6.07) is 18.7. The number of alkyl halides is 1. The van der Waals surface area contributed by atoms with Crippen molar-refractivity contribution in [3.8, 4) is 0 Å². The van der Waals surface area contributed by atoms with Crippen molar-refractivity contribution < 1.29 is 19.1 Å². The van der Waals surface area contributed by atoms with Crippen LogP contribution in [0, 0.1) is 0 Å². The summed E-state index contributed by atoms with van der Waals surface area (Å²) in [5.74, 6) is -1.92. The molecule has 7 heteroatoms. The van der Waals surface area contributed by atoms with Crippen molar-refractivity contribution in [1.82, 2.24) is 9.80 Å². The molecule has 0 aromatic heterocycles. The second kappa shape index (κ2) is 8.89. The van der Waals surface area contributed by atoms with E-state index < -0.39 is 23.2 Å². The second-order valence-corrected chi connectivity index (χ2v) is 7.07. The first-order valence-electron chi connectivity index (χ1n) is 8.92. The predicted octanol–water partition coefficient (Wildman–Crippen LogP) is 2.38. The number of nitrogens with zero attached hydrogens (tertiary/aromatic N) is 2. The van der Waals surface area contributed by atoms with Crippen LogP contribution in [0.25, 0.3) is 0 Å². The SMILES string of the molecule is COC(=O)C(Cl)CN1CC(c2ccccc2)N(Cc2ccccc2)C(=O)C1=O. The molecule has 1 saturated heterocycles. The molecule has 0 spiro atoms. The largest absolute Gasteiger partial charge is 0.468 e. The van der Waals surface area contributed by atoms with Gasteiger partial charge in [-0.15, -0.1) is 11.6 Å². The van der Waals surface area contributed by atoms with Gasteiger partial charge in [-0.1, -0.05) is 60.7 Å². The maximum Gasteiger partial charge on any atom is 0.325 e. The smallest absolute Gasteiger partial charge is 0.325 e. The van der Waals surface area contributed by atoms with Gasteiger partial charge in [-0.05, 0) is 11.1 Å². The molecule has 0 radical (unpaired) electrons. The van der Waals surface area contributed by atoms with Crippen LogP contribution in [0.2, 0.25) is 0 Å². The number of carbonyl (C=O) groups is 3. The Morgan fingerprint density at radius 1 is 1.07 bits per heavy atom. The van der Waals surface area contributed by atoms with Crippen molar-refractivity contribution >= 4 is 29.4 Å². The van der Waals surface area contributed by atoms with Crippen LogP contribution in [0.3, 0.4) is 0 Å². The highest BCUT2D eigenvalue weighted by atomic mass is 35.5. The van der Waals surface area contributed by atoms with E-state index in [-0.39, 0.29) is 19.1 Å². The fourth-order valence-electron chi connectivity index (χ4n) is 3.27. The Morgan fingerprint density at radius 2 is 1.68 bits per heavy atom. The van der Waals surface area contributed by atoms with Crippen molar-refractivity contribution in [3.05, 3.63) is 71.8 Å². The summed E-state index contributed by atoms with van der Waals surface area (Å²) in [5.41, 5.74) is 1.84. The van der Waals surface area contributed by atoms with E-state index in [9.17, 15) is 14.4 Å². The minimum Gasteiger partial charge on any atom is -0.468 e. The predicted molar refractivity (Wildman–Crippen MR) is 104 cm³/mol. The average Bonchev–Trinajstić information content (AvgIpc) is 2.74. The van der Waals surface area contributed by atoms with Crippen molar-refractivity contribution in [3.63, 3.8) is 0 Å². The summed E-state index contributed by atoms with van der Waals surface area (Å²) in [5, 5.41) is -1.03. The van der Waals surface area contributed by atoms with Crippen molar-refractivity contribution in [2.75, 3.05) is 20.2 Å². The van der Waals surface area contributed by atoms with E-state index >= 15 is 0 Å². The molecule has 0 bridgehead atoms. The molecule has 1 aliphatic heterocycles. The quantitative estimate of drug-likeness (QED) is 0.424. The van der Waals surface area contributed by atoms with Crippen molar-refractivity contribution in [1.29, 1.82) is 0 Å². The maximum atomic E-state index is 12.9. The fourth-order valence-corrected chi connectivity index (χ4v) is 3.52. The Balaban J connectivity index is 1.88. The zero-order chi connectivity index (χ0) is 20.1. The number of amides is 2. The van der Waals surface area contributed by atoms with E-state index in [4.69, 9.17) is 11.6 Å². The van der Waals surface area contributed by atoms with E-state index in [0.29, 0.717) is 6.54 Å². The normalized spacial score (nSPS) is 18.1. The van der Waals surface area contributed by atoms with Gasteiger partial charge >= 0.3 is 17.8 Å². The summed E-state index contributed by atoms with van der Waals surface area (Å²) in [4.78, 5) is 40.1. The van der Waals surface area contributed by atoms with Gasteiger partial charge in [0, 0.05) is 19.6 Å². The average molecular weight is 401 g/mol. The van der Waals surface area contributed by atoms with Crippen LogP contribution in [-0.2, 0) is 25.7 Å². The monoisotopic (exact) mass is 400 g/mol. The molecule has 6 nitrogen and oxygen atoms in total. The first-order chi connectivity index (χ1) is 13.5. The third-order valence-corrected chi connectivity index (χ3v) is 5.03. The minimum atomic E-state index is -1.03. The number of methoxy groups -OCH3 is 1. The van der Waals surface area contributed by atoms with Gasteiger partial charge in [0.1, 0.15) is 5.38 Å². The summed E-state index contributed by atoms with van der Waals surface area (Å²) >= 11 is 6.04. The highest BCUT2D eigenvalue weighted by molar-refractivity contribution is 6.36. The van der Waals surface area contributed by atoms with Crippen LogP contribution in [0.15, 0.2) is 60.7 Å². The molecular weight excluding hydrogens is 380 g/mol. The van der Waals surface area contributed by atoms with E-state index in [1.54, 1.807) is 4.90 Å². The lowest BCUT2D eigenvalue weighted by molar-refractivity contribution is -0.160. The Kier molecular flexibility index (Phi) is 6.31. The number of halogens is 1. The van der Waals surface area contributed by atoms with Crippen molar-refractivity contribution in [2.45, 2.75) is 18.0 Å². The molecule has 1 aliphatic rings. The molecule has 2 unspecified atom stereocenters. The lowest BCUT2D eigenvalue weighted by Crippen LogP contribution is -2.56. The molecule has 2 atom stereocenters. The van der Waals surface area contributed by atoms with Gasteiger partial charge in [0.25, 0.3) is 0 Å². The Hall–Kier alpha value is -2.86. The molecule has 0 N–H and O–H groups in total. The summed E-state index contributed by atoms with van der Waals surface area (Å²) < 4.78 is 4.62. The van der Waals surface area contributed by atoms with E-state index in [1.165, 1.54) is 12.0 Å². The first kappa shape index (κ1) is 19.9. The summed E-state index contributed by atoms with van der Waals surface area (Å²) in [6.45, 7) is 0.489. The van der Waals surface area contributed by atoms with Gasteiger partial charge in [-0.2, -0.15) is 0 Å². The van der Waals surface area contributed by atoms with E-state index in [0.717, 1.165) is 11.1 Å². The molecule has 1 fully saturated rings. The zero-order valence-electron chi connectivity index (χ0n) is 15.5. The van der Waals surface area contributed by atoms with Gasteiger partial charge in [0.05, 0.1) is 13.2 Å². The number of carbonyl (C=O) groups excluding carboxylic acids is 3. The number of ether oxygens (including phenoxy) is 1. The fraction of sp³-hybridized carbons (Fsp3) is 0.286. The summed E-state index contributed by atoms with van der Waals surface area (Å²) in [7, 11) is 1.23. The molecule has 0 aliphatic carbocycles. The highest BCUT2D eigenvalue weighted by Crippen LogP contribution is 2.29. The maximum absolute atomic E-state index is 12.9. The molecular formula is C21H21ClN2O4. The Morgan fingerprint density at radius 3 is 2.29 bits per heavy atom. The molecule has 146 valence electrons. The Labute approximate surface area is 168 Å². The molecule has 2 aromatic carbocycles. The van der Waals surface area contributed by atoms with Crippen LogP contribution >= 0.6 is 11.6 Å². The van der Waals surface area contributed by atoms with E-state index in [2.05, 4.69) is 4.74 Å². The minimum absolute atomic E-state index is 0.0820. The van der Waals surface area contributed by atoms with Crippen LogP contribution in [0.4, 0.5) is 0 Å². The second-order valence-electron chi connectivity index (χ2n) is 6.55. The molecule has 3 rings (SSSR count). The van der Waals surface area contributed by atoms with E-state index in [1.807, 2.05) is 60.7 Å². The molecule has 28 heavy (non-hydrogen) atoms. The Bertz CT molecular complexity index is 844. The van der Waals surface area contributed by atoms with Crippen LogP contribution in [0.5, 0.6) is 0 Å². The first-order valence-corrected chi connectivity index (χ1v) is 9.35. The number of piperazine rings is 1. The molecule has 2 amide bonds. The van der Waals surface area contributed by atoms with Gasteiger partial charge < -0.3 is 14.5 Å². The lowest BCUT2D eigenvalue weighted by Gasteiger charge is -2.41. The van der Waals surface area contributed by atoms with Gasteiger partial charge in [0.2, 0.25) is 0 Å². The topological polar surface area (TPSA) is 66.9 Å². The molecule has 0 saturated carbocycles. The van der Waals surface area contributed by atoms with Crippen LogP contribution in [-0.4, -0.2) is 53.2 Å². The van der Waals surface area contributed by atoms with Gasteiger partial charge in [0.15, 0.2) is 0 Å². The van der Waals surface area contributed by atoms with Gasteiger partial charge in [-0.25, -0.2) is 0 Å². The van der Waals surface area contributed by atoms with Crippen molar-refractivity contribution in [2.24, 2.45) is 0 Å². The number of rotatable bonds is 6. The third-order valence-electron chi connectivity index (χ3n) is 4.72. The third kappa shape index (κ3) is 4.34. The van der Waals surface area contributed by atoms with Gasteiger partial charge in [-0.3, -0.25) is 14.4 Å². The molecule has 1 heterocycles. The zero-order valence-corrected chi connectivity index (χ0v) is 16.2. The lowest BCUT2D eigenvalue weighted by atomic mass is 10.0. The number of hydrogen-bond acceptors (Lipinski definition) is 4. The standard InChI is InChI=1S/C21H21ClN2O4/c1-28-21(27)17(22)13-23-14-18(16-10-6-3-7-11-16)24(20(26)19(23)25)12-15-8-4-2-5-9-15/h2-11,17-18H,12-14H2,1H3. The molecule has 2 aromatic rings. The summed E-state index contributed by atoms with van der Waals surface area (Å²) in [6.07, 6.45) is 0.